The predicted molar refractivity (Wildman–Crippen MR) is 84.6 cm³/mol. The highest BCUT2D eigenvalue weighted by Gasteiger charge is 2.08. The molecule has 0 bridgehead atoms. The highest BCUT2D eigenvalue weighted by Crippen LogP contribution is 2.16. The van der Waals surface area contributed by atoms with Gasteiger partial charge in [0.15, 0.2) is 0 Å². The average molecular weight is 295 g/mol. The molecular weight excluding hydrogens is 277 g/mol. The Morgan fingerprint density at radius 1 is 1.00 bits per heavy atom. The number of rotatable bonds is 4. The summed E-state index contributed by atoms with van der Waals surface area (Å²) in [5, 5.41) is 8.29. The number of nitrogens with zero attached hydrogens (tertiary/aromatic N) is 3. The predicted octanol–water partition coefficient (Wildman–Crippen LogP) is 3.81. The van der Waals surface area contributed by atoms with Crippen molar-refractivity contribution >= 4 is 0 Å². The van der Waals surface area contributed by atoms with E-state index in [0.29, 0.717) is 12.8 Å². The van der Waals surface area contributed by atoms with Crippen molar-refractivity contribution in [1.82, 2.24) is 15.0 Å². The van der Waals surface area contributed by atoms with Crippen LogP contribution in [0.15, 0.2) is 48.7 Å². The van der Waals surface area contributed by atoms with Gasteiger partial charge in [-0.05, 0) is 61.6 Å². The van der Waals surface area contributed by atoms with Crippen LogP contribution < -0.4 is 0 Å². The Hall–Kier alpha value is -2.49. The van der Waals surface area contributed by atoms with Crippen LogP contribution in [-0.4, -0.2) is 15.0 Å². The third kappa shape index (κ3) is 3.06. The van der Waals surface area contributed by atoms with Gasteiger partial charge in [0.1, 0.15) is 5.82 Å². The van der Waals surface area contributed by atoms with Gasteiger partial charge in [0.2, 0.25) is 0 Å². The number of aryl methyl sites for hydroxylation is 4. The van der Waals surface area contributed by atoms with E-state index in [1.54, 1.807) is 10.7 Å². The summed E-state index contributed by atoms with van der Waals surface area (Å²) in [4.78, 5) is 0. The van der Waals surface area contributed by atoms with E-state index in [4.69, 9.17) is 0 Å². The van der Waals surface area contributed by atoms with Crippen molar-refractivity contribution in [2.45, 2.75) is 26.7 Å². The zero-order valence-electron chi connectivity index (χ0n) is 12.8. The number of halogens is 1. The summed E-state index contributed by atoms with van der Waals surface area (Å²) in [6.45, 7) is 3.93. The van der Waals surface area contributed by atoms with E-state index in [-0.39, 0.29) is 5.82 Å². The van der Waals surface area contributed by atoms with Gasteiger partial charge in [-0.1, -0.05) is 29.5 Å². The number of hydrogen-bond donors (Lipinski definition) is 0. The van der Waals surface area contributed by atoms with Gasteiger partial charge in [-0.25, -0.2) is 9.07 Å². The highest BCUT2D eigenvalue weighted by molar-refractivity contribution is 5.32. The zero-order valence-corrected chi connectivity index (χ0v) is 12.8. The summed E-state index contributed by atoms with van der Waals surface area (Å²) >= 11 is 0. The molecule has 3 nitrogen and oxygen atoms in total. The first kappa shape index (κ1) is 14.4. The quantitative estimate of drug-likeness (QED) is 0.733. The lowest BCUT2D eigenvalue weighted by atomic mass is 10.0. The van der Waals surface area contributed by atoms with E-state index in [0.717, 1.165) is 28.1 Å². The molecule has 2 aromatic carbocycles. The highest BCUT2D eigenvalue weighted by atomic mass is 19.1. The van der Waals surface area contributed by atoms with Gasteiger partial charge in [0.05, 0.1) is 17.6 Å². The average Bonchev–Trinajstić information content (AvgIpc) is 2.99. The molecule has 3 aromatic rings. The second-order valence-electron chi connectivity index (χ2n) is 5.52. The van der Waals surface area contributed by atoms with Gasteiger partial charge in [0, 0.05) is 0 Å². The van der Waals surface area contributed by atoms with Gasteiger partial charge in [-0.15, -0.1) is 5.10 Å². The monoisotopic (exact) mass is 295 g/mol. The zero-order chi connectivity index (χ0) is 15.5. The molecule has 0 spiro atoms. The fraction of sp³-hybridized carbons (Fsp3) is 0.222. The minimum absolute atomic E-state index is 0.140. The largest absolute Gasteiger partial charge is 0.220 e. The number of para-hydroxylation sites is 1. The number of aromatic nitrogens is 3. The molecule has 0 N–H and O–H groups in total. The molecule has 0 aliphatic heterocycles. The van der Waals surface area contributed by atoms with Crippen molar-refractivity contribution in [3.05, 3.63) is 76.9 Å². The fourth-order valence-electron chi connectivity index (χ4n) is 2.41. The van der Waals surface area contributed by atoms with E-state index < -0.39 is 0 Å². The van der Waals surface area contributed by atoms with Crippen LogP contribution in [0.2, 0.25) is 0 Å². The van der Waals surface area contributed by atoms with E-state index in [1.807, 2.05) is 56.4 Å². The molecule has 0 aliphatic rings. The van der Waals surface area contributed by atoms with E-state index in [2.05, 4.69) is 10.3 Å². The molecule has 0 radical (unpaired) electrons. The summed E-state index contributed by atoms with van der Waals surface area (Å²) in [6.07, 6.45) is 3.20. The standard InChI is InChI=1S/C18H18FN3/c1-13-10-15(18(19)11-14(13)2)8-9-16-12-22(21-20-16)17-6-4-3-5-7-17/h3-7,10-12H,8-9H2,1-2H3. The maximum Gasteiger partial charge on any atom is 0.126 e. The summed E-state index contributed by atoms with van der Waals surface area (Å²) in [5.74, 6) is -0.140. The minimum atomic E-state index is -0.140. The first-order chi connectivity index (χ1) is 10.6. The topological polar surface area (TPSA) is 30.7 Å². The fourth-order valence-corrected chi connectivity index (χ4v) is 2.41. The summed E-state index contributed by atoms with van der Waals surface area (Å²) in [7, 11) is 0. The lowest BCUT2D eigenvalue weighted by Crippen LogP contribution is -1.97. The van der Waals surface area contributed by atoms with Crippen molar-refractivity contribution < 1.29 is 4.39 Å². The normalized spacial score (nSPS) is 10.9. The maximum atomic E-state index is 14.0. The van der Waals surface area contributed by atoms with Crippen LogP contribution >= 0.6 is 0 Å². The molecule has 0 aliphatic carbocycles. The third-order valence-electron chi connectivity index (χ3n) is 3.87. The van der Waals surface area contributed by atoms with E-state index in [1.165, 1.54) is 0 Å². The van der Waals surface area contributed by atoms with E-state index >= 15 is 0 Å². The first-order valence-electron chi connectivity index (χ1n) is 7.36. The molecule has 1 heterocycles. The first-order valence-corrected chi connectivity index (χ1v) is 7.36. The number of hydrogen-bond acceptors (Lipinski definition) is 2. The Morgan fingerprint density at radius 3 is 2.50 bits per heavy atom. The van der Waals surface area contributed by atoms with Crippen LogP contribution in [0.4, 0.5) is 4.39 Å². The van der Waals surface area contributed by atoms with Gasteiger partial charge < -0.3 is 0 Å². The van der Waals surface area contributed by atoms with Crippen molar-refractivity contribution in [3.8, 4) is 5.69 Å². The molecule has 0 amide bonds. The van der Waals surface area contributed by atoms with Gasteiger partial charge in [-0.3, -0.25) is 0 Å². The van der Waals surface area contributed by atoms with Gasteiger partial charge in [0.25, 0.3) is 0 Å². The summed E-state index contributed by atoms with van der Waals surface area (Å²) in [6, 6.07) is 13.4. The van der Waals surface area contributed by atoms with Crippen LogP contribution in [-0.2, 0) is 12.8 Å². The summed E-state index contributed by atoms with van der Waals surface area (Å²) in [5.41, 5.74) is 4.66. The molecule has 22 heavy (non-hydrogen) atoms. The number of benzene rings is 2. The van der Waals surface area contributed by atoms with Crippen LogP contribution in [0.5, 0.6) is 0 Å². The van der Waals surface area contributed by atoms with Gasteiger partial charge >= 0.3 is 0 Å². The third-order valence-corrected chi connectivity index (χ3v) is 3.87. The molecule has 0 unspecified atom stereocenters. The van der Waals surface area contributed by atoms with Crippen LogP contribution in [0.3, 0.4) is 0 Å². The lowest BCUT2D eigenvalue weighted by Gasteiger charge is -2.06. The van der Waals surface area contributed by atoms with Crippen molar-refractivity contribution in [2.24, 2.45) is 0 Å². The van der Waals surface area contributed by atoms with E-state index in [9.17, 15) is 4.39 Å². The molecule has 0 saturated heterocycles. The lowest BCUT2D eigenvalue weighted by molar-refractivity contribution is 0.606. The van der Waals surface area contributed by atoms with Crippen LogP contribution in [0, 0.1) is 19.7 Å². The van der Waals surface area contributed by atoms with Crippen LogP contribution in [0.25, 0.3) is 5.69 Å². The summed E-state index contributed by atoms with van der Waals surface area (Å²) < 4.78 is 15.7. The Kier molecular flexibility index (Phi) is 4.00. The Bertz CT molecular complexity index is 778. The molecule has 4 heteroatoms. The molecule has 0 atom stereocenters. The van der Waals surface area contributed by atoms with Crippen molar-refractivity contribution in [2.75, 3.05) is 0 Å². The molecule has 0 saturated carbocycles. The Balaban J connectivity index is 1.73. The second kappa shape index (κ2) is 6.10. The molecule has 3 rings (SSSR count). The molecular formula is C18H18FN3. The molecule has 0 fully saturated rings. The van der Waals surface area contributed by atoms with Gasteiger partial charge in [-0.2, -0.15) is 0 Å². The van der Waals surface area contributed by atoms with Crippen molar-refractivity contribution in [3.63, 3.8) is 0 Å². The molecule has 1 aromatic heterocycles. The van der Waals surface area contributed by atoms with Crippen LogP contribution in [0.1, 0.15) is 22.4 Å². The van der Waals surface area contributed by atoms with Crippen molar-refractivity contribution in [1.29, 1.82) is 0 Å². The smallest absolute Gasteiger partial charge is 0.126 e. The Morgan fingerprint density at radius 2 is 1.73 bits per heavy atom. The molecule has 112 valence electrons. The maximum absolute atomic E-state index is 14.0. The second-order valence-corrected chi connectivity index (χ2v) is 5.52. The minimum Gasteiger partial charge on any atom is -0.220 e. The Labute approximate surface area is 129 Å². The SMILES string of the molecule is Cc1cc(F)c(CCc2cn(-c3ccccc3)nn2)cc1C.